The summed E-state index contributed by atoms with van der Waals surface area (Å²) in [5.41, 5.74) is 2.23. The molecule has 1 amide bonds. The van der Waals surface area contributed by atoms with Crippen molar-refractivity contribution in [3.05, 3.63) is 63.7 Å². The topological polar surface area (TPSA) is 110 Å². The smallest absolute Gasteiger partial charge is 0.271 e. The molecule has 144 valence electrons. The first kappa shape index (κ1) is 20.4. The lowest BCUT2D eigenvalue weighted by atomic mass is 10.1. The highest BCUT2D eigenvalue weighted by Gasteiger charge is 2.30. The molecule has 2 rings (SSSR count). The van der Waals surface area contributed by atoms with Crippen molar-refractivity contribution in [2.24, 2.45) is 0 Å². The van der Waals surface area contributed by atoms with Crippen LogP contribution in [-0.2, 0) is 14.8 Å². The number of nitrogens with zero attached hydrogens (tertiary/aromatic N) is 2. The first-order chi connectivity index (χ1) is 12.5. The van der Waals surface area contributed by atoms with Gasteiger partial charge in [-0.3, -0.25) is 19.2 Å². The molecule has 0 heterocycles. The van der Waals surface area contributed by atoms with Crippen molar-refractivity contribution in [3.8, 4) is 0 Å². The zero-order chi connectivity index (χ0) is 20.4. The summed E-state index contributed by atoms with van der Waals surface area (Å²) in [5.74, 6) is -0.541. The van der Waals surface area contributed by atoms with E-state index >= 15 is 0 Å². The molecule has 0 saturated heterocycles. The second kappa shape index (κ2) is 7.75. The number of hydrogen-bond acceptors (Lipinski definition) is 5. The number of rotatable bonds is 6. The molecule has 0 spiro atoms. The number of hydrogen-bond donors (Lipinski definition) is 1. The van der Waals surface area contributed by atoms with E-state index in [-0.39, 0.29) is 11.4 Å². The number of carbonyl (C=O) groups is 1. The summed E-state index contributed by atoms with van der Waals surface area (Å²) < 4.78 is 25.5. The minimum atomic E-state index is -3.87. The maximum atomic E-state index is 12.7. The van der Waals surface area contributed by atoms with Gasteiger partial charge in [-0.1, -0.05) is 18.2 Å². The number of nitro groups is 1. The fourth-order valence-electron chi connectivity index (χ4n) is 2.68. The molecule has 0 fully saturated rings. The van der Waals surface area contributed by atoms with E-state index in [1.165, 1.54) is 25.1 Å². The van der Waals surface area contributed by atoms with E-state index in [0.29, 0.717) is 5.69 Å². The molecule has 0 aliphatic heterocycles. The molecular formula is C18H21N3O5S. The van der Waals surface area contributed by atoms with E-state index in [9.17, 15) is 23.3 Å². The van der Waals surface area contributed by atoms with E-state index in [2.05, 4.69) is 5.32 Å². The van der Waals surface area contributed by atoms with Gasteiger partial charge >= 0.3 is 0 Å². The van der Waals surface area contributed by atoms with E-state index < -0.39 is 26.9 Å². The van der Waals surface area contributed by atoms with Crippen LogP contribution in [0.2, 0.25) is 0 Å². The third kappa shape index (κ3) is 4.62. The number of amides is 1. The van der Waals surface area contributed by atoms with Gasteiger partial charge in [0.25, 0.3) is 5.69 Å². The van der Waals surface area contributed by atoms with Crippen molar-refractivity contribution in [1.29, 1.82) is 0 Å². The van der Waals surface area contributed by atoms with Crippen molar-refractivity contribution < 1.29 is 18.1 Å². The Balaban J connectivity index is 2.39. The van der Waals surface area contributed by atoms with Crippen LogP contribution < -0.4 is 9.62 Å². The van der Waals surface area contributed by atoms with E-state index in [4.69, 9.17) is 0 Å². The predicted molar refractivity (Wildman–Crippen MR) is 104 cm³/mol. The highest BCUT2D eigenvalue weighted by atomic mass is 32.2. The number of aryl methyl sites for hydroxylation is 1. The number of benzene rings is 2. The third-order valence-corrected chi connectivity index (χ3v) is 5.49. The molecule has 0 saturated carbocycles. The molecule has 0 aliphatic carbocycles. The minimum absolute atomic E-state index is 0.0512. The molecule has 9 heteroatoms. The lowest BCUT2D eigenvalue weighted by molar-refractivity contribution is -0.384. The van der Waals surface area contributed by atoms with E-state index in [1.54, 1.807) is 12.1 Å². The van der Waals surface area contributed by atoms with Crippen LogP contribution in [0, 0.1) is 24.0 Å². The fourth-order valence-corrected chi connectivity index (χ4v) is 3.84. The van der Waals surface area contributed by atoms with Crippen molar-refractivity contribution in [2.75, 3.05) is 15.9 Å². The van der Waals surface area contributed by atoms with Crippen molar-refractivity contribution in [3.63, 3.8) is 0 Å². The van der Waals surface area contributed by atoms with Gasteiger partial charge in [-0.05, 0) is 44.0 Å². The summed E-state index contributed by atoms with van der Waals surface area (Å²) >= 11 is 0. The van der Waals surface area contributed by atoms with Gasteiger partial charge in [0.2, 0.25) is 15.9 Å². The predicted octanol–water partition coefficient (Wildman–Crippen LogP) is 3.00. The Kier molecular flexibility index (Phi) is 5.85. The number of nitrogens with one attached hydrogen (secondary N) is 1. The van der Waals surface area contributed by atoms with Crippen molar-refractivity contribution >= 4 is 33.0 Å². The Morgan fingerprint density at radius 3 is 2.41 bits per heavy atom. The summed E-state index contributed by atoms with van der Waals surface area (Å²) in [6.07, 6.45) is 0.952. The lowest BCUT2D eigenvalue weighted by Gasteiger charge is -2.28. The number of nitro benzene ring substituents is 1. The first-order valence-electron chi connectivity index (χ1n) is 8.13. The molecule has 0 radical (unpaired) electrons. The van der Waals surface area contributed by atoms with Gasteiger partial charge in [-0.15, -0.1) is 0 Å². The average Bonchev–Trinajstić information content (AvgIpc) is 2.58. The van der Waals surface area contributed by atoms with Gasteiger partial charge in [0, 0.05) is 17.8 Å². The molecule has 0 aliphatic rings. The van der Waals surface area contributed by atoms with E-state index in [1.807, 2.05) is 19.9 Å². The Labute approximate surface area is 158 Å². The fraction of sp³-hybridized carbons (Fsp3) is 0.278. The standard InChI is InChI=1S/C18H21N3O5S/c1-12-7-5-10-17(13(12)2)19-18(22)14(3)20(27(4,25)26)15-8-6-9-16(11-15)21(23)24/h5-11,14H,1-4H3,(H,19,22)/t14-/m0/s1. The first-order valence-corrected chi connectivity index (χ1v) is 9.98. The quantitative estimate of drug-likeness (QED) is 0.601. The molecular weight excluding hydrogens is 370 g/mol. The maximum Gasteiger partial charge on any atom is 0.271 e. The monoisotopic (exact) mass is 391 g/mol. The lowest BCUT2D eigenvalue weighted by Crippen LogP contribution is -2.45. The second-order valence-corrected chi connectivity index (χ2v) is 8.11. The summed E-state index contributed by atoms with van der Waals surface area (Å²) in [6, 6.07) is 9.48. The average molecular weight is 391 g/mol. The SMILES string of the molecule is Cc1cccc(NC(=O)[C@H](C)N(c2cccc([N+](=O)[O-])c2)S(C)(=O)=O)c1C. The van der Waals surface area contributed by atoms with Crippen LogP contribution in [0.3, 0.4) is 0 Å². The summed E-state index contributed by atoms with van der Waals surface area (Å²) in [7, 11) is -3.87. The molecule has 0 aromatic heterocycles. The van der Waals surface area contributed by atoms with Crippen molar-refractivity contribution in [2.45, 2.75) is 26.8 Å². The van der Waals surface area contributed by atoms with Gasteiger partial charge in [0.15, 0.2) is 0 Å². The largest absolute Gasteiger partial charge is 0.324 e. The van der Waals surface area contributed by atoms with Crippen LogP contribution in [0.4, 0.5) is 17.1 Å². The van der Waals surface area contributed by atoms with E-state index in [0.717, 1.165) is 27.8 Å². The molecule has 2 aromatic carbocycles. The Morgan fingerprint density at radius 2 is 1.81 bits per heavy atom. The van der Waals surface area contributed by atoms with Gasteiger partial charge in [-0.25, -0.2) is 8.42 Å². The summed E-state index contributed by atoms with van der Waals surface area (Å²) in [5, 5.41) is 13.7. The number of sulfonamides is 1. The summed E-state index contributed by atoms with van der Waals surface area (Å²) in [6.45, 7) is 5.19. The summed E-state index contributed by atoms with van der Waals surface area (Å²) in [4.78, 5) is 23.1. The van der Waals surface area contributed by atoms with Crippen molar-refractivity contribution in [1.82, 2.24) is 0 Å². The van der Waals surface area contributed by atoms with Gasteiger partial charge in [-0.2, -0.15) is 0 Å². The van der Waals surface area contributed by atoms with Crippen LogP contribution in [0.15, 0.2) is 42.5 Å². The molecule has 8 nitrogen and oxygen atoms in total. The Hall–Kier alpha value is -2.94. The van der Waals surface area contributed by atoms with Crippen LogP contribution in [0.1, 0.15) is 18.1 Å². The Morgan fingerprint density at radius 1 is 1.19 bits per heavy atom. The molecule has 0 bridgehead atoms. The third-order valence-electron chi connectivity index (χ3n) is 4.25. The van der Waals surface area contributed by atoms with Crippen LogP contribution in [-0.4, -0.2) is 31.5 Å². The maximum absolute atomic E-state index is 12.7. The number of anilines is 2. The van der Waals surface area contributed by atoms with Gasteiger partial charge in [0.1, 0.15) is 6.04 Å². The normalized spacial score (nSPS) is 12.3. The van der Waals surface area contributed by atoms with Gasteiger partial charge in [0.05, 0.1) is 16.9 Å². The highest BCUT2D eigenvalue weighted by molar-refractivity contribution is 7.92. The number of carbonyl (C=O) groups excluding carboxylic acids is 1. The highest BCUT2D eigenvalue weighted by Crippen LogP contribution is 2.26. The van der Waals surface area contributed by atoms with Gasteiger partial charge < -0.3 is 5.32 Å². The molecule has 0 unspecified atom stereocenters. The molecule has 27 heavy (non-hydrogen) atoms. The molecule has 1 N–H and O–H groups in total. The van der Waals surface area contributed by atoms with Crippen LogP contribution in [0.25, 0.3) is 0 Å². The minimum Gasteiger partial charge on any atom is -0.324 e. The second-order valence-electron chi connectivity index (χ2n) is 6.25. The van der Waals surface area contributed by atoms with Crippen LogP contribution >= 0.6 is 0 Å². The zero-order valence-corrected chi connectivity index (χ0v) is 16.3. The van der Waals surface area contributed by atoms with Crippen LogP contribution in [0.5, 0.6) is 0 Å². The Bertz CT molecular complexity index is 988. The molecule has 2 aromatic rings. The number of non-ortho nitro benzene ring substituents is 1. The molecule has 1 atom stereocenters. The zero-order valence-electron chi connectivity index (χ0n) is 15.5.